The number of nitrogen functional groups attached to an aromatic ring is 1. The predicted octanol–water partition coefficient (Wildman–Crippen LogP) is 2.80. The Morgan fingerprint density at radius 1 is 1.24 bits per heavy atom. The number of pyridine rings is 1. The first-order valence-electron chi connectivity index (χ1n) is 10.3. The fourth-order valence-electron chi connectivity index (χ4n) is 3.28. The number of carbonyl (C=O) groups excluding carboxylic acids is 1. The van der Waals surface area contributed by atoms with Crippen molar-refractivity contribution in [2.24, 2.45) is 0 Å². The van der Waals surface area contributed by atoms with Gasteiger partial charge in [0.05, 0.1) is 19.3 Å². The van der Waals surface area contributed by atoms with Crippen LogP contribution in [0.1, 0.15) is 17.3 Å². The molecule has 1 aliphatic rings. The molecule has 12 heteroatoms. The van der Waals surface area contributed by atoms with Crippen LogP contribution < -0.4 is 15.4 Å². The number of hydrogen-bond donors (Lipinski definition) is 1. The van der Waals surface area contributed by atoms with Gasteiger partial charge in [0.25, 0.3) is 5.91 Å². The fraction of sp³-hybridized carbons (Fsp3) is 0.318. The maximum Gasteiger partial charge on any atom is 0.327 e. The molecule has 2 N–H and O–H groups in total. The van der Waals surface area contributed by atoms with Gasteiger partial charge in [-0.05, 0) is 37.3 Å². The van der Waals surface area contributed by atoms with Gasteiger partial charge in [-0.15, -0.1) is 12.4 Å². The molecule has 0 spiro atoms. The second-order valence-corrected chi connectivity index (χ2v) is 7.78. The Labute approximate surface area is 202 Å². The normalized spacial score (nSPS) is 15.4. The summed E-state index contributed by atoms with van der Waals surface area (Å²) in [5.41, 5.74) is 6.50. The number of carbonyl (C=O) groups is 1. The summed E-state index contributed by atoms with van der Waals surface area (Å²) in [6, 6.07) is 7.28. The van der Waals surface area contributed by atoms with E-state index >= 15 is 0 Å². The molecular weight excluding hydrogens is 465 g/mol. The van der Waals surface area contributed by atoms with E-state index in [1.54, 1.807) is 32.4 Å². The van der Waals surface area contributed by atoms with Gasteiger partial charge >= 0.3 is 6.01 Å². The second kappa shape index (κ2) is 10.6. The lowest BCUT2D eigenvalue weighted by atomic mass is 10.2. The van der Waals surface area contributed by atoms with Gasteiger partial charge in [-0.3, -0.25) is 4.79 Å². The van der Waals surface area contributed by atoms with Gasteiger partial charge < -0.3 is 25.0 Å². The third-order valence-electron chi connectivity index (χ3n) is 5.06. The van der Waals surface area contributed by atoms with Crippen LogP contribution in [0.5, 0.6) is 11.8 Å². The molecule has 0 aliphatic carbocycles. The van der Waals surface area contributed by atoms with Crippen LogP contribution in [-0.2, 0) is 4.74 Å². The number of rotatable bonds is 5. The van der Waals surface area contributed by atoms with Crippen LogP contribution in [0.4, 0.5) is 16.2 Å². The Morgan fingerprint density at radius 2 is 2.03 bits per heavy atom. The first-order chi connectivity index (χ1) is 15.8. The maximum atomic E-state index is 14.7. The quantitative estimate of drug-likeness (QED) is 0.576. The number of morpholine rings is 1. The van der Waals surface area contributed by atoms with Gasteiger partial charge in [-0.2, -0.15) is 15.0 Å². The van der Waals surface area contributed by atoms with E-state index in [0.29, 0.717) is 42.9 Å². The van der Waals surface area contributed by atoms with E-state index in [4.69, 9.17) is 15.2 Å². The number of hydrogen-bond acceptors (Lipinski definition) is 9. The minimum atomic E-state index is -0.708. The summed E-state index contributed by atoms with van der Waals surface area (Å²) in [4.78, 5) is 32.9. The van der Waals surface area contributed by atoms with Crippen molar-refractivity contribution in [3.63, 3.8) is 0 Å². The monoisotopic (exact) mass is 489 g/mol. The van der Waals surface area contributed by atoms with E-state index in [2.05, 4.69) is 19.9 Å². The maximum absolute atomic E-state index is 14.7. The van der Waals surface area contributed by atoms with Crippen LogP contribution in [-0.4, -0.2) is 70.6 Å². The first-order valence-corrected chi connectivity index (χ1v) is 10.3. The molecule has 4 rings (SSSR count). The highest BCUT2D eigenvalue weighted by Crippen LogP contribution is 2.27. The van der Waals surface area contributed by atoms with Crippen molar-refractivity contribution in [2.75, 3.05) is 44.5 Å². The highest BCUT2D eigenvalue weighted by Gasteiger charge is 2.24. The van der Waals surface area contributed by atoms with E-state index in [9.17, 15) is 9.18 Å². The minimum Gasteiger partial charge on any atom is -0.421 e. The number of amides is 1. The number of ether oxygens (including phenoxy) is 2. The molecule has 3 aromatic rings. The first kappa shape index (κ1) is 25.1. The van der Waals surface area contributed by atoms with E-state index in [1.807, 2.05) is 11.8 Å². The molecule has 180 valence electrons. The average molecular weight is 490 g/mol. The molecular formula is C22H25ClFN7O3. The van der Waals surface area contributed by atoms with Crippen molar-refractivity contribution in [1.82, 2.24) is 24.8 Å². The SMILES string of the molecule is C[C@H]1COCCN1c1nc(Oc2ccc(C(=O)N(C)C)cc2F)nc(-c2ccc(N)nc2)n1.Cl. The molecule has 0 unspecified atom stereocenters. The van der Waals surface area contributed by atoms with Crippen molar-refractivity contribution in [3.05, 3.63) is 47.9 Å². The zero-order valence-electron chi connectivity index (χ0n) is 18.9. The van der Waals surface area contributed by atoms with Crippen molar-refractivity contribution >= 4 is 30.1 Å². The number of halogens is 2. The van der Waals surface area contributed by atoms with Crippen LogP contribution in [0.15, 0.2) is 36.5 Å². The lowest BCUT2D eigenvalue weighted by Gasteiger charge is -2.33. The summed E-state index contributed by atoms with van der Waals surface area (Å²) in [5.74, 6) is -0.0921. The molecule has 1 aliphatic heterocycles. The van der Waals surface area contributed by atoms with Gasteiger partial charge in [-0.1, -0.05) is 0 Å². The molecule has 0 radical (unpaired) electrons. The zero-order valence-corrected chi connectivity index (χ0v) is 19.8. The summed E-state index contributed by atoms with van der Waals surface area (Å²) < 4.78 is 25.9. The Kier molecular flexibility index (Phi) is 7.79. The topological polar surface area (TPSA) is 120 Å². The standard InChI is InChI=1S/C22H24FN7O3.ClH/c1-13-12-32-9-8-30(13)21-26-19(15-5-7-18(24)25-11-15)27-22(28-21)33-17-6-4-14(10-16(17)23)20(31)29(2)3;/h4-7,10-11,13H,8-9,12H2,1-3H3,(H2,24,25);1H/t13-;/m0./s1. The van der Waals surface area contributed by atoms with Gasteiger partial charge in [-0.25, -0.2) is 9.37 Å². The van der Waals surface area contributed by atoms with Crippen LogP contribution in [0.3, 0.4) is 0 Å². The largest absolute Gasteiger partial charge is 0.421 e. The van der Waals surface area contributed by atoms with Gasteiger partial charge in [0.2, 0.25) is 5.95 Å². The number of benzene rings is 1. The molecule has 34 heavy (non-hydrogen) atoms. The van der Waals surface area contributed by atoms with Crippen molar-refractivity contribution in [3.8, 4) is 23.1 Å². The molecule has 1 amide bonds. The Hall–Kier alpha value is -3.57. The lowest BCUT2D eigenvalue weighted by molar-refractivity contribution is 0.0827. The molecule has 3 heterocycles. The molecule has 1 aromatic carbocycles. The second-order valence-electron chi connectivity index (χ2n) is 7.78. The highest BCUT2D eigenvalue weighted by atomic mass is 35.5. The Morgan fingerprint density at radius 3 is 2.68 bits per heavy atom. The van der Waals surface area contributed by atoms with E-state index in [-0.39, 0.29) is 41.7 Å². The Balaban J connectivity index is 0.00000324. The number of nitrogens with two attached hydrogens (primary N) is 1. The summed E-state index contributed by atoms with van der Waals surface area (Å²) in [6.07, 6.45) is 1.54. The van der Waals surface area contributed by atoms with E-state index < -0.39 is 5.82 Å². The van der Waals surface area contributed by atoms with Crippen molar-refractivity contribution in [2.45, 2.75) is 13.0 Å². The summed E-state index contributed by atoms with van der Waals surface area (Å²) >= 11 is 0. The molecule has 1 atom stereocenters. The Bertz CT molecular complexity index is 1160. The smallest absolute Gasteiger partial charge is 0.327 e. The van der Waals surface area contributed by atoms with Gasteiger partial charge in [0.1, 0.15) is 5.82 Å². The fourth-order valence-corrected chi connectivity index (χ4v) is 3.28. The molecule has 1 saturated heterocycles. The predicted molar refractivity (Wildman–Crippen MR) is 127 cm³/mol. The minimum absolute atomic E-state index is 0. The molecule has 0 saturated carbocycles. The van der Waals surface area contributed by atoms with Crippen LogP contribution in [0, 0.1) is 5.82 Å². The summed E-state index contributed by atoms with van der Waals surface area (Å²) in [6.45, 7) is 3.63. The van der Waals surface area contributed by atoms with Gasteiger partial charge in [0.15, 0.2) is 17.4 Å². The highest BCUT2D eigenvalue weighted by molar-refractivity contribution is 5.94. The summed E-state index contributed by atoms with van der Waals surface area (Å²) in [7, 11) is 3.19. The third-order valence-corrected chi connectivity index (χ3v) is 5.06. The lowest BCUT2D eigenvalue weighted by Crippen LogP contribution is -2.44. The third kappa shape index (κ3) is 5.49. The molecule has 1 fully saturated rings. The van der Waals surface area contributed by atoms with E-state index in [1.165, 1.54) is 17.0 Å². The molecule has 2 aromatic heterocycles. The number of nitrogens with zero attached hydrogens (tertiary/aromatic N) is 6. The van der Waals surface area contributed by atoms with Crippen LogP contribution in [0.25, 0.3) is 11.4 Å². The van der Waals surface area contributed by atoms with Crippen molar-refractivity contribution in [1.29, 1.82) is 0 Å². The van der Waals surface area contributed by atoms with Gasteiger partial charge in [0, 0.05) is 38.0 Å². The number of aromatic nitrogens is 4. The van der Waals surface area contributed by atoms with Crippen LogP contribution >= 0.6 is 12.4 Å². The van der Waals surface area contributed by atoms with E-state index in [0.717, 1.165) is 6.07 Å². The van der Waals surface area contributed by atoms with Crippen molar-refractivity contribution < 1.29 is 18.7 Å². The number of anilines is 2. The molecule has 10 nitrogen and oxygen atoms in total. The zero-order chi connectivity index (χ0) is 23.5. The summed E-state index contributed by atoms with van der Waals surface area (Å²) in [5, 5.41) is 0. The van der Waals surface area contributed by atoms with Crippen LogP contribution in [0.2, 0.25) is 0 Å². The molecule has 0 bridgehead atoms. The average Bonchev–Trinajstić information content (AvgIpc) is 2.80.